The second-order valence-corrected chi connectivity index (χ2v) is 15.0. The Labute approximate surface area is 309 Å². The van der Waals surface area contributed by atoms with Gasteiger partial charge in [-0.15, -0.1) is 0 Å². The van der Waals surface area contributed by atoms with Crippen LogP contribution in [0.4, 0.5) is 26.5 Å². The van der Waals surface area contributed by atoms with Gasteiger partial charge in [0, 0.05) is 34.9 Å². The zero-order valence-electron chi connectivity index (χ0n) is 30.8. The number of rotatable bonds is 11. The number of anilines is 3. The summed E-state index contributed by atoms with van der Waals surface area (Å²) in [6.45, 7) is 9.64. The van der Waals surface area contributed by atoms with Crippen molar-refractivity contribution in [3.05, 3.63) is 120 Å². The Kier molecular flexibility index (Phi) is 10.8. The molecule has 53 heavy (non-hydrogen) atoms. The zero-order chi connectivity index (χ0) is 37.8. The molecule has 0 unspecified atom stereocenters. The third kappa shape index (κ3) is 8.68. The monoisotopic (exact) mass is 718 g/mol. The Morgan fingerprint density at radius 1 is 0.906 bits per heavy atom. The summed E-state index contributed by atoms with van der Waals surface area (Å²) in [5, 5.41) is 20.6. The lowest BCUT2D eigenvalue weighted by Gasteiger charge is -2.45. The number of halogens is 1. The molecule has 0 bridgehead atoms. The number of amides is 2. The molecule has 1 fully saturated rings. The molecular formula is C42H47FN6O4. The van der Waals surface area contributed by atoms with E-state index in [4.69, 9.17) is 9.72 Å². The van der Waals surface area contributed by atoms with E-state index in [1.54, 1.807) is 12.3 Å². The molecule has 1 aliphatic carbocycles. The van der Waals surface area contributed by atoms with Crippen molar-refractivity contribution < 1.29 is 23.8 Å². The molecule has 6 rings (SSSR count). The quantitative estimate of drug-likeness (QED) is 0.106. The number of ether oxygens (including phenoxy) is 1. The molecule has 2 atom stereocenters. The van der Waals surface area contributed by atoms with E-state index in [-0.39, 0.29) is 17.2 Å². The van der Waals surface area contributed by atoms with E-state index in [0.29, 0.717) is 36.4 Å². The van der Waals surface area contributed by atoms with E-state index in [1.165, 1.54) is 11.0 Å². The van der Waals surface area contributed by atoms with Crippen LogP contribution in [0.15, 0.2) is 97.2 Å². The van der Waals surface area contributed by atoms with Crippen molar-refractivity contribution in [3.63, 3.8) is 0 Å². The van der Waals surface area contributed by atoms with Gasteiger partial charge < -0.3 is 25.8 Å². The zero-order valence-corrected chi connectivity index (χ0v) is 30.8. The molecule has 10 nitrogen and oxygen atoms in total. The second-order valence-electron chi connectivity index (χ2n) is 15.0. The molecule has 4 N–H and O–H groups in total. The van der Waals surface area contributed by atoms with Crippen molar-refractivity contribution in [3.8, 4) is 5.75 Å². The Hall–Kier alpha value is -5.71. The fourth-order valence-corrected chi connectivity index (χ4v) is 7.04. The van der Waals surface area contributed by atoms with Crippen LogP contribution in [0.3, 0.4) is 0 Å². The van der Waals surface area contributed by atoms with Crippen molar-refractivity contribution >= 4 is 40.2 Å². The lowest BCUT2D eigenvalue weighted by Crippen LogP contribution is -2.58. The summed E-state index contributed by atoms with van der Waals surface area (Å²) < 4.78 is 22.5. The smallest absolute Gasteiger partial charge is 0.408 e. The normalized spacial score (nSPS) is 16.1. The van der Waals surface area contributed by atoms with Gasteiger partial charge in [0.2, 0.25) is 0 Å². The molecular weight excluding hydrogens is 671 g/mol. The van der Waals surface area contributed by atoms with E-state index in [2.05, 4.69) is 20.9 Å². The molecule has 0 spiro atoms. The third-order valence-electron chi connectivity index (χ3n) is 9.62. The molecule has 0 aliphatic heterocycles. The molecule has 3 aromatic carbocycles. The van der Waals surface area contributed by atoms with Crippen molar-refractivity contribution in [1.29, 1.82) is 0 Å². The molecule has 0 saturated heterocycles. The van der Waals surface area contributed by atoms with Gasteiger partial charge in [-0.05, 0) is 76.8 Å². The van der Waals surface area contributed by atoms with Crippen LogP contribution in [-0.2, 0) is 12.1 Å². The molecule has 2 heterocycles. The van der Waals surface area contributed by atoms with Crippen LogP contribution in [0, 0.1) is 5.82 Å². The van der Waals surface area contributed by atoms with Gasteiger partial charge in [0.1, 0.15) is 23.7 Å². The Morgan fingerprint density at radius 2 is 1.60 bits per heavy atom. The highest BCUT2D eigenvalue weighted by atomic mass is 19.1. The first kappa shape index (κ1) is 37.1. The number of hydrogen-bond donors (Lipinski definition) is 4. The van der Waals surface area contributed by atoms with Crippen molar-refractivity contribution in [2.24, 2.45) is 0 Å². The average Bonchev–Trinajstić information content (AvgIpc) is 3.12. The van der Waals surface area contributed by atoms with E-state index in [0.717, 1.165) is 29.4 Å². The lowest BCUT2D eigenvalue weighted by atomic mass is 9.86. The number of nitrogens with zero attached hydrogens (tertiary/aromatic N) is 3. The number of hydrogen-bond acceptors (Lipinski definition) is 7. The van der Waals surface area contributed by atoms with E-state index in [1.807, 2.05) is 113 Å². The highest BCUT2D eigenvalue weighted by Crippen LogP contribution is 2.35. The van der Waals surface area contributed by atoms with Gasteiger partial charge in [0.15, 0.2) is 11.6 Å². The van der Waals surface area contributed by atoms with Gasteiger partial charge >= 0.3 is 6.09 Å². The molecule has 2 amide bonds. The highest BCUT2D eigenvalue weighted by molar-refractivity contribution is 6.00. The van der Waals surface area contributed by atoms with Gasteiger partial charge in [-0.25, -0.2) is 14.2 Å². The van der Waals surface area contributed by atoms with Crippen LogP contribution in [0.5, 0.6) is 5.75 Å². The average molecular weight is 719 g/mol. The SMILES string of the molecule is CC(C)(NC(=O)c1cc(F)c(N[C@H]2CCCC[C@H]2N(C(=O)O)C(C)(C)C)nc1Nc1cc(OCc2ccccc2)c2ncccc2c1)c1ccccc1. The summed E-state index contributed by atoms with van der Waals surface area (Å²) in [5.74, 6) is -0.694. The first-order valence-electron chi connectivity index (χ1n) is 18.0. The molecule has 2 aromatic heterocycles. The predicted octanol–water partition coefficient (Wildman–Crippen LogP) is 9.26. The second kappa shape index (κ2) is 15.5. The van der Waals surface area contributed by atoms with Crippen LogP contribution in [0.1, 0.15) is 81.8 Å². The summed E-state index contributed by atoms with van der Waals surface area (Å²) >= 11 is 0. The van der Waals surface area contributed by atoms with Crippen LogP contribution in [0.2, 0.25) is 0 Å². The van der Waals surface area contributed by atoms with Gasteiger partial charge in [-0.1, -0.05) is 79.6 Å². The van der Waals surface area contributed by atoms with Crippen LogP contribution < -0.4 is 20.7 Å². The molecule has 0 radical (unpaired) electrons. The van der Waals surface area contributed by atoms with Gasteiger partial charge in [-0.3, -0.25) is 14.7 Å². The minimum absolute atomic E-state index is 0.00265. The van der Waals surface area contributed by atoms with E-state index in [9.17, 15) is 14.7 Å². The summed E-state index contributed by atoms with van der Waals surface area (Å²) in [5.41, 5.74) is 1.61. The number of pyridine rings is 2. The summed E-state index contributed by atoms with van der Waals surface area (Å²) in [4.78, 5) is 37.3. The highest BCUT2D eigenvalue weighted by Gasteiger charge is 2.39. The Morgan fingerprint density at radius 3 is 2.30 bits per heavy atom. The topological polar surface area (TPSA) is 129 Å². The predicted molar refractivity (Wildman–Crippen MR) is 206 cm³/mol. The van der Waals surface area contributed by atoms with Crippen molar-refractivity contribution in [1.82, 2.24) is 20.2 Å². The van der Waals surface area contributed by atoms with Crippen LogP contribution in [-0.4, -0.2) is 49.6 Å². The summed E-state index contributed by atoms with van der Waals surface area (Å²) in [6.07, 6.45) is 3.63. The number of nitrogens with one attached hydrogen (secondary N) is 3. The minimum atomic E-state index is -1.03. The fraction of sp³-hybridized carbons (Fsp3) is 0.333. The maximum Gasteiger partial charge on any atom is 0.408 e. The molecule has 276 valence electrons. The van der Waals surface area contributed by atoms with Gasteiger partial charge in [-0.2, -0.15) is 0 Å². The van der Waals surface area contributed by atoms with Crippen molar-refractivity contribution in [2.75, 3.05) is 10.6 Å². The Bertz CT molecular complexity index is 2070. The van der Waals surface area contributed by atoms with Crippen molar-refractivity contribution in [2.45, 2.75) is 90.1 Å². The minimum Gasteiger partial charge on any atom is -0.487 e. The first-order valence-corrected chi connectivity index (χ1v) is 18.0. The van der Waals surface area contributed by atoms with E-state index >= 15 is 4.39 Å². The Balaban J connectivity index is 1.39. The lowest BCUT2D eigenvalue weighted by molar-refractivity contribution is 0.0519. The molecule has 5 aromatic rings. The summed E-state index contributed by atoms with van der Waals surface area (Å²) in [6, 6.07) is 27.1. The number of fused-ring (bicyclic) bond motifs is 1. The van der Waals surface area contributed by atoms with E-state index < -0.39 is 41.0 Å². The number of carboxylic acid groups (broad SMARTS) is 1. The molecule has 11 heteroatoms. The fourth-order valence-electron chi connectivity index (χ4n) is 7.04. The maximum absolute atomic E-state index is 16.2. The number of benzene rings is 3. The molecule has 1 saturated carbocycles. The van der Waals surface area contributed by atoms with Gasteiger partial charge in [0.05, 0.1) is 17.1 Å². The van der Waals surface area contributed by atoms with Crippen LogP contribution >= 0.6 is 0 Å². The standard InChI is InChI=1S/C42H47FN6O4/c1-41(2,3)49(40(51)52)34-21-13-12-20-33(34)46-38-32(43)25-31(39(50)48-42(4,5)29-18-10-7-11-19-29)37(47-38)45-30-23-28-17-14-22-44-36(28)35(24-30)53-26-27-15-8-6-9-16-27/h6-11,14-19,22-25,33-34H,12-13,20-21,26H2,1-5H3,(H,48,50)(H,51,52)(H2,45,46,47)/t33-,34+/m0/s1. The largest absolute Gasteiger partial charge is 0.487 e. The number of carbonyl (C=O) groups is 2. The first-order chi connectivity index (χ1) is 25.3. The summed E-state index contributed by atoms with van der Waals surface area (Å²) in [7, 11) is 0. The number of aromatic nitrogens is 2. The van der Waals surface area contributed by atoms with Gasteiger partial charge in [0.25, 0.3) is 5.91 Å². The maximum atomic E-state index is 16.2. The molecule has 1 aliphatic rings. The van der Waals surface area contributed by atoms with Crippen LogP contribution in [0.25, 0.3) is 10.9 Å². The third-order valence-corrected chi connectivity index (χ3v) is 9.62. The number of carbonyl (C=O) groups excluding carboxylic acids is 1.